The Morgan fingerprint density at radius 2 is 1.92 bits per heavy atom. The number of methoxy groups -OCH3 is 1. The maximum Gasteiger partial charge on any atom is 0.230 e. The second-order valence-electron chi connectivity index (χ2n) is 5.78. The second-order valence-corrected chi connectivity index (χ2v) is 5.78. The van der Waals surface area contributed by atoms with Crippen LogP contribution in [-0.4, -0.2) is 36.2 Å². The van der Waals surface area contributed by atoms with E-state index in [1.807, 2.05) is 36.4 Å². The third kappa shape index (κ3) is 3.26. The van der Waals surface area contributed by atoms with Gasteiger partial charge < -0.3 is 15.4 Å². The van der Waals surface area contributed by atoms with Crippen molar-refractivity contribution in [2.45, 2.75) is 0 Å². The van der Waals surface area contributed by atoms with Gasteiger partial charge in [-0.25, -0.2) is 0 Å². The van der Waals surface area contributed by atoms with Gasteiger partial charge in [0.25, 0.3) is 0 Å². The average Bonchev–Trinajstić information content (AvgIpc) is 2.65. The summed E-state index contributed by atoms with van der Waals surface area (Å²) in [6.07, 6.45) is 1.72. The molecule has 3 aromatic rings. The van der Waals surface area contributed by atoms with E-state index in [1.54, 1.807) is 32.2 Å². The molecule has 0 unspecified atom stereocenters. The number of hydrogen-bond acceptors (Lipinski definition) is 7. The molecule has 0 spiro atoms. The van der Waals surface area contributed by atoms with Crippen LogP contribution in [0.25, 0.3) is 22.4 Å². The fraction of sp³-hybridized carbons (Fsp3) is 0.158. The third-order valence-corrected chi connectivity index (χ3v) is 3.84. The Bertz CT molecular complexity index is 1040. The number of aromatic nitrogens is 3. The molecule has 0 aliphatic carbocycles. The lowest BCUT2D eigenvalue weighted by atomic mass is 10.0. The van der Waals surface area contributed by atoms with Gasteiger partial charge in [-0.05, 0) is 22.9 Å². The number of rotatable bonds is 4. The van der Waals surface area contributed by atoms with E-state index in [-0.39, 0.29) is 17.3 Å². The summed E-state index contributed by atoms with van der Waals surface area (Å²) in [4.78, 5) is 14.2. The lowest BCUT2D eigenvalue weighted by Gasteiger charge is -2.12. The van der Waals surface area contributed by atoms with Crippen LogP contribution in [0.3, 0.4) is 0 Å². The van der Waals surface area contributed by atoms with E-state index >= 15 is 0 Å². The van der Waals surface area contributed by atoms with E-state index in [2.05, 4.69) is 21.0 Å². The number of hydrogen-bond donors (Lipinski definition) is 1. The SMILES string of the molecule is COc1ccc2ccccc2c1/C=C(\C#N)c1nc(N)nc(N(C)C)n1. The van der Waals surface area contributed by atoms with Crippen molar-refractivity contribution in [3.05, 3.63) is 47.8 Å². The average molecular weight is 346 g/mol. The van der Waals surface area contributed by atoms with Crippen LogP contribution < -0.4 is 15.4 Å². The number of fused-ring (bicyclic) bond motifs is 1. The molecule has 0 atom stereocenters. The first kappa shape index (κ1) is 17.2. The summed E-state index contributed by atoms with van der Waals surface area (Å²) in [5, 5.41) is 11.7. The number of nitriles is 1. The zero-order chi connectivity index (χ0) is 18.7. The molecule has 0 amide bonds. The van der Waals surface area contributed by atoms with Gasteiger partial charge in [0.05, 0.1) is 12.7 Å². The minimum atomic E-state index is 0.0599. The summed E-state index contributed by atoms with van der Waals surface area (Å²) in [6, 6.07) is 13.9. The molecule has 0 fully saturated rings. The number of benzene rings is 2. The Labute approximate surface area is 151 Å². The normalized spacial score (nSPS) is 11.2. The Hall–Kier alpha value is -3.66. The molecule has 2 N–H and O–H groups in total. The number of ether oxygens (including phenoxy) is 1. The molecule has 0 radical (unpaired) electrons. The first-order chi connectivity index (χ1) is 12.5. The predicted octanol–water partition coefficient (Wildman–Crippen LogP) is 2.75. The Morgan fingerprint density at radius 1 is 1.15 bits per heavy atom. The Morgan fingerprint density at radius 3 is 2.62 bits per heavy atom. The zero-order valence-corrected chi connectivity index (χ0v) is 14.8. The van der Waals surface area contributed by atoms with Crippen molar-refractivity contribution >= 4 is 34.3 Å². The summed E-state index contributed by atoms with van der Waals surface area (Å²) in [5.74, 6) is 1.33. The Kier molecular flexibility index (Phi) is 4.67. The predicted molar refractivity (Wildman–Crippen MR) is 103 cm³/mol. The molecule has 0 saturated heterocycles. The highest BCUT2D eigenvalue weighted by Gasteiger charge is 2.13. The third-order valence-electron chi connectivity index (χ3n) is 3.84. The lowest BCUT2D eigenvalue weighted by molar-refractivity contribution is 0.414. The molecule has 0 saturated carbocycles. The van der Waals surface area contributed by atoms with Crippen LogP contribution in [0.2, 0.25) is 0 Å². The molecule has 7 nitrogen and oxygen atoms in total. The van der Waals surface area contributed by atoms with E-state index in [9.17, 15) is 5.26 Å². The quantitative estimate of drug-likeness (QED) is 0.725. The molecule has 0 aliphatic heterocycles. The highest BCUT2D eigenvalue weighted by atomic mass is 16.5. The van der Waals surface area contributed by atoms with Crippen molar-refractivity contribution in [3.8, 4) is 11.8 Å². The van der Waals surface area contributed by atoms with Gasteiger partial charge in [0, 0.05) is 19.7 Å². The van der Waals surface area contributed by atoms with Crippen LogP contribution in [0, 0.1) is 11.3 Å². The minimum Gasteiger partial charge on any atom is -0.496 e. The van der Waals surface area contributed by atoms with Crippen molar-refractivity contribution in [1.29, 1.82) is 5.26 Å². The van der Waals surface area contributed by atoms with E-state index < -0.39 is 0 Å². The van der Waals surface area contributed by atoms with E-state index in [0.29, 0.717) is 11.7 Å². The van der Waals surface area contributed by atoms with Crippen LogP contribution in [-0.2, 0) is 0 Å². The van der Waals surface area contributed by atoms with Gasteiger partial charge in [0.15, 0.2) is 5.82 Å². The standard InChI is InChI=1S/C19H18N6O/c1-25(2)19-23-17(22-18(21)24-19)13(11-20)10-15-14-7-5-4-6-12(14)8-9-16(15)26-3/h4-10H,1-3H3,(H2,21,22,23,24)/b13-10+. The summed E-state index contributed by atoms with van der Waals surface area (Å²) in [7, 11) is 5.18. The van der Waals surface area contributed by atoms with Crippen molar-refractivity contribution in [2.24, 2.45) is 0 Å². The molecule has 130 valence electrons. The van der Waals surface area contributed by atoms with Gasteiger partial charge >= 0.3 is 0 Å². The van der Waals surface area contributed by atoms with Gasteiger partial charge in [-0.3, -0.25) is 0 Å². The molecule has 1 aromatic heterocycles. The van der Waals surface area contributed by atoms with Crippen LogP contribution in [0.1, 0.15) is 11.4 Å². The molecule has 7 heteroatoms. The summed E-state index contributed by atoms with van der Waals surface area (Å²) >= 11 is 0. The number of anilines is 2. The molecular weight excluding hydrogens is 328 g/mol. The van der Waals surface area contributed by atoms with Gasteiger partial charge in [-0.1, -0.05) is 30.3 Å². The monoisotopic (exact) mass is 346 g/mol. The first-order valence-electron chi connectivity index (χ1n) is 7.90. The van der Waals surface area contributed by atoms with Crippen molar-refractivity contribution < 1.29 is 4.74 Å². The molecule has 2 aromatic carbocycles. The van der Waals surface area contributed by atoms with E-state index in [1.165, 1.54) is 0 Å². The molecule has 0 aliphatic rings. The molecule has 3 rings (SSSR count). The lowest BCUT2D eigenvalue weighted by Crippen LogP contribution is -2.15. The number of nitrogens with zero attached hydrogens (tertiary/aromatic N) is 5. The van der Waals surface area contributed by atoms with E-state index in [4.69, 9.17) is 10.5 Å². The zero-order valence-electron chi connectivity index (χ0n) is 14.8. The molecule has 26 heavy (non-hydrogen) atoms. The fourth-order valence-corrected chi connectivity index (χ4v) is 2.59. The van der Waals surface area contributed by atoms with Crippen LogP contribution in [0.5, 0.6) is 5.75 Å². The summed E-state index contributed by atoms with van der Waals surface area (Å²) < 4.78 is 5.48. The number of nitrogens with two attached hydrogens (primary N) is 1. The molecule has 1 heterocycles. The smallest absolute Gasteiger partial charge is 0.230 e. The van der Waals surface area contributed by atoms with Gasteiger partial charge in [-0.15, -0.1) is 0 Å². The number of allylic oxidation sites excluding steroid dienone is 1. The molecule has 0 bridgehead atoms. The van der Waals surface area contributed by atoms with Gasteiger partial charge in [0.1, 0.15) is 11.8 Å². The maximum atomic E-state index is 9.68. The highest BCUT2D eigenvalue weighted by Crippen LogP contribution is 2.31. The van der Waals surface area contributed by atoms with Crippen molar-refractivity contribution in [1.82, 2.24) is 15.0 Å². The van der Waals surface area contributed by atoms with Gasteiger partial charge in [-0.2, -0.15) is 20.2 Å². The maximum absolute atomic E-state index is 9.68. The summed E-state index contributed by atoms with van der Waals surface area (Å²) in [6.45, 7) is 0. The number of nitrogen functional groups attached to an aromatic ring is 1. The van der Waals surface area contributed by atoms with Crippen LogP contribution in [0.15, 0.2) is 36.4 Å². The Balaban J connectivity index is 2.23. The fourth-order valence-electron chi connectivity index (χ4n) is 2.59. The second kappa shape index (κ2) is 7.07. The molecular formula is C19H18N6O. The van der Waals surface area contributed by atoms with Crippen molar-refractivity contribution in [2.75, 3.05) is 31.8 Å². The largest absolute Gasteiger partial charge is 0.496 e. The topological polar surface area (TPSA) is 101 Å². The van der Waals surface area contributed by atoms with Gasteiger partial charge in [0.2, 0.25) is 11.9 Å². The highest BCUT2D eigenvalue weighted by molar-refractivity contribution is 5.99. The van der Waals surface area contributed by atoms with E-state index in [0.717, 1.165) is 16.3 Å². The van der Waals surface area contributed by atoms with Crippen molar-refractivity contribution in [3.63, 3.8) is 0 Å². The van der Waals surface area contributed by atoms with Crippen LogP contribution >= 0.6 is 0 Å². The van der Waals surface area contributed by atoms with Crippen LogP contribution in [0.4, 0.5) is 11.9 Å². The first-order valence-corrected chi connectivity index (χ1v) is 7.90. The minimum absolute atomic E-state index is 0.0599. The summed E-state index contributed by atoms with van der Waals surface area (Å²) in [5.41, 5.74) is 6.84.